The van der Waals surface area contributed by atoms with Crippen molar-refractivity contribution in [2.45, 2.75) is 64.7 Å². The summed E-state index contributed by atoms with van der Waals surface area (Å²) in [4.78, 5) is 4.96. The van der Waals surface area contributed by atoms with Crippen LogP contribution in [0.1, 0.15) is 45.6 Å². The van der Waals surface area contributed by atoms with Crippen molar-refractivity contribution in [2.24, 2.45) is 0 Å². The number of nitrogens with zero attached hydrogens (tertiary/aromatic N) is 1. The van der Waals surface area contributed by atoms with Gasteiger partial charge < -0.3 is 18.3 Å². The average Bonchev–Trinajstić information content (AvgIpc) is 2.76. The van der Waals surface area contributed by atoms with Crippen LogP contribution in [0, 0.1) is 20.3 Å². The molecule has 0 saturated heterocycles. The fraction of sp³-hybridized carbons (Fsp3) is 0.526. The summed E-state index contributed by atoms with van der Waals surface area (Å²) in [6, 6.07) is 10.4. The van der Waals surface area contributed by atoms with Crippen LogP contribution in [0.4, 0.5) is 0 Å². The molecule has 0 N–H and O–H groups in total. The molecule has 3 heteroatoms. The zero-order valence-electron chi connectivity index (χ0n) is 15.3. The van der Waals surface area contributed by atoms with E-state index in [4.69, 9.17) is 4.98 Å². The summed E-state index contributed by atoms with van der Waals surface area (Å²) in [6.45, 7) is 15.3. The van der Waals surface area contributed by atoms with E-state index in [0.717, 1.165) is 11.1 Å². The third-order valence-electron chi connectivity index (χ3n) is 3.95. The molecule has 0 radical (unpaired) electrons. The molecule has 1 aromatic carbocycles. The third-order valence-corrected chi connectivity index (χ3v) is 7.61. The van der Waals surface area contributed by atoms with Crippen molar-refractivity contribution in [1.29, 1.82) is 0 Å². The Labute approximate surface area is 155 Å². The third kappa shape index (κ3) is 8.57. The topological polar surface area (TPSA) is 14.1 Å². The maximum absolute atomic E-state index is 4.96. The van der Waals surface area contributed by atoms with Crippen LogP contribution in [0.2, 0.25) is 18.6 Å². The molecule has 1 atom stereocenters. The van der Waals surface area contributed by atoms with E-state index < -0.39 is 8.24 Å². The molecule has 0 heterocycles. The Balaban J connectivity index is 0. The largest absolute Gasteiger partial charge is 4.00 e. The van der Waals surface area contributed by atoms with Gasteiger partial charge in [-0.2, -0.15) is 43.5 Å². The Morgan fingerprint density at radius 1 is 1.23 bits per heavy atom. The predicted molar refractivity (Wildman–Crippen MR) is 99.8 cm³/mol. The molecule has 1 aromatic rings. The Bertz CT molecular complexity index is 378. The molecular weight excluding hydrogens is 318 g/mol. The molecule has 1 aliphatic carbocycles. The molecule has 1 saturated carbocycles. The molecule has 2 rings (SSSR count). The van der Waals surface area contributed by atoms with Gasteiger partial charge in [0.1, 0.15) is 0 Å². The second-order valence-electron chi connectivity index (χ2n) is 6.65. The monoisotopic (exact) mass is 351 g/mol. The van der Waals surface area contributed by atoms with Gasteiger partial charge in [0, 0.05) is 0 Å². The molecule has 0 aliphatic heterocycles. The number of hydrogen-bond donors (Lipinski definition) is 0. The Hall–Kier alpha value is -0.0188. The van der Waals surface area contributed by atoms with E-state index in [2.05, 4.69) is 40.8 Å². The summed E-state index contributed by atoms with van der Waals surface area (Å²) < 4.78 is 0. The molecular formula is C19H33NSiTi. The first-order valence-corrected chi connectivity index (χ1v) is 10.8. The molecule has 122 valence electrons. The van der Waals surface area contributed by atoms with Gasteiger partial charge in [-0.1, -0.05) is 54.1 Å². The van der Waals surface area contributed by atoms with E-state index in [9.17, 15) is 0 Å². The van der Waals surface area contributed by atoms with Crippen molar-refractivity contribution in [1.82, 2.24) is 0 Å². The zero-order valence-corrected chi connectivity index (χ0v) is 17.9. The second-order valence-corrected chi connectivity index (χ2v) is 10.9. The van der Waals surface area contributed by atoms with Crippen LogP contribution in [0.25, 0.3) is 4.98 Å². The fourth-order valence-electron chi connectivity index (χ4n) is 3.20. The minimum Gasteiger partial charge on any atom is -0.664 e. The zero-order chi connectivity index (χ0) is 15.2. The standard InChI is InChI=1S/C11H23NSi.C7H7.CH3.Ti/c1-9(2)12-13(4,5)11-8-6-7-10(11)3;1-7-5-3-2-4-6-7;;/h9,11H,6-8H2,1-5H3;2-6H,1H2;1H3;/q-2;2*-1;+4. The van der Waals surface area contributed by atoms with Crippen LogP contribution < -0.4 is 0 Å². The van der Waals surface area contributed by atoms with Crippen LogP contribution >= 0.6 is 0 Å². The number of benzene rings is 1. The van der Waals surface area contributed by atoms with Gasteiger partial charge in [-0.05, 0) is 0 Å². The SMILES string of the molecule is C[C-]1CCCC1[Si](C)(C)[N-]C(C)C.[CH2-]c1ccccc1.[CH3-].[Ti+4]. The minimum absolute atomic E-state index is 0. The Morgan fingerprint density at radius 3 is 2.09 bits per heavy atom. The quantitative estimate of drug-likeness (QED) is 0.439. The molecule has 0 amide bonds. The summed E-state index contributed by atoms with van der Waals surface area (Å²) in [7, 11) is -1.31. The van der Waals surface area contributed by atoms with Gasteiger partial charge in [0.2, 0.25) is 0 Å². The molecule has 0 aromatic heterocycles. The minimum atomic E-state index is -1.31. The van der Waals surface area contributed by atoms with Crippen LogP contribution in [0.3, 0.4) is 0 Å². The maximum atomic E-state index is 4.96. The molecule has 1 nitrogen and oxygen atoms in total. The molecule has 1 fully saturated rings. The molecule has 22 heavy (non-hydrogen) atoms. The summed E-state index contributed by atoms with van der Waals surface area (Å²) in [5.74, 6) is 1.72. The van der Waals surface area contributed by atoms with Gasteiger partial charge >= 0.3 is 21.7 Å². The van der Waals surface area contributed by atoms with E-state index >= 15 is 0 Å². The first-order valence-electron chi connectivity index (χ1n) is 7.74. The fourth-order valence-corrected chi connectivity index (χ4v) is 6.97. The average molecular weight is 351 g/mol. The van der Waals surface area contributed by atoms with E-state index in [1.807, 2.05) is 30.3 Å². The van der Waals surface area contributed by atoms with Crippen LogP contribution in [-0.2, 0) is 21.7 Å². The van der Waals surface area contributed by atoms with E-state index in [1.54, 1.807) is 5.92 Å². The van der Waals surface area contributed by atoms with Crippen molar-refractivity contribution < 1.29 is 21.7 Å². The number of rotatable bonds is 3. The van der Waals surface area contributed by atoms with Gasteiger partial charge in [0.25, 0.3) is 0 Å². The van der Waals surface area contributed by atoms with Gasteiger partial charge in [-0.15, -0.1) is 18.2 Å². The summed E-state index contributed by atoms with van der Waals surface area (Å²) in [5, 5.41) is 0. The van der Waals surface area contributed by atoms with E-state index in [-0.39, 0.29) is 29.1 Å². The van der Waals surface area contributed by atoms with E-state index in [1.165, 1.54) is 19.3 Å². The van der Waals surface area contributed by atoms with Gasteiger partial charge in [0.15, 0.2) is 0 Å². The van der Waals surface area contributed by atoms with Gasteiger partial charge in [-0.3, -0.25) is 0 Å². The maximum Gasteiger partial charge on any atom is 4.00 e. The van der Waals surface area contributed by atoms with Crippen molar-refractivity contribution in [3.8, 4) is 0 Å². The smallest absolute Gasteiger partial charge is 0.664 e. The van der Waals surface area contributed by atoms with Crippen molar-refractivity contribution in [3.63, 3.8) is 0 Å². The van der Waals surface area contributed by atoms with Crippen LogP contribution in [0.5, 0.6) is 0 Å². The number of hydrogen-bond acceptors (Lipinski definition) is 0. The van der Waals surface area contributed by atoms with E-state index in [0.29, 0.717) is 6.04 Å². The van der Waals surface area contributed by atoms with Gasteiger partial charge in [-0.25, -0.2) is 0 Å². The van der Waals surface area contributed by atoms with Crippen molar-refractivity contribution in [3.05, 3.63) is 61.1 Å². The Kier molecular flexibility index (Phi) is 12.7. The van der Waals surface area contributed by atoms with Crippen LogP contribution in [0.15, 0.2) is 30.3 Å². The molecule has 0 bridgehead atoms. The van der Waals surface area contributed by atoms with Crippen LogP contribution in [-0.4, -0.2) is 14.3 Å². The summed E-state index contributed by atoms with van der Waals surface area (Å²) >= 11 is 0. The summed E-state index contributed by atoms with van der Waals surface area (Å²) in [5.41, 5.74) is 1.94. The molecule has 0 spiro atoms. The first-order chi connectivity index (χ1) is 9.33. The first kappa shape index (κ1) is 24.2. The molecule has 1 aliphatic rings. The Morgan fingerprint density at radius 2 is 1.77 bits per heavy atom. The van der Waals surface area contributed by atoms with Gasteiger partial charge in [0.05, 0.1) is 0 Å². The summed E-state index contributed by atoms with van der Waals surface area (Å²) in [6.07, 6.45) is 4.16. The molecule has 1 unspecified atom stereocenters. The normalized spacial score (nSPS) is 18.0. The predicted octanol–water partition coefficient (Wildman–Crippen LogP) is 6.44. The van der Waals surface area contributed by atoms with Crippen molar-refractivity contribution >= 4 is 8.24 Å². The second kappa shape index (κ2) is 11.5. The van der Waals surface area contributed by atoms with Crippen molar-refractivity contribution in [2.75, 3.05) is 0 Å².